The summed E-state index contributed by atoms with van der Waals surface area (Å²) in [7, 11) is 0. The van der Waals surface area contributed by atoms with Gasteiger partial charge in [0.2, 0.25) is 0 Å². The number of rotatable bonds is 3. The maximum Gasteiger partial charge on any atom is 0.274 e. The van der Waals surface area contributed by atoms with Gasteiger partial charge in [-0.15, -0.1) is 0 Å². The zero-order valence-corrected chi connectivity index (χ0v) is 17.0. The van der Waals surface area contributed by atoms with Gasteiger partial charge < -0.3 is 9.80 Å². The second kappa shape index (κ2) is 8.21. The maximum absolute atomic E-state index is 14.2. The van der Waals surface area contributed by atoms with E-state index in [9.17, 15) is 18.4 Å². The summed E-state index contributed by atoms with van der Waals surface area (Å²) in [5.74, 6) is -1.92. The lowest BCUT2D eigenvalue weighted by atomic mass is 10.1. The molecule has 10 heteroatoms. The monoisotopic (exact) mass is 426 g/mol. The van der Waals surface area contributed by atoms with Crippen molar-refractivity contribution in [2.75, 3.05) is 26.2 Å². The van der Waals surface area contributed by atoms with Crippen LogP contribution in [-0.4, -0.2) is 67.5 Å². The van der Waals surface area contributed by atoms with E-state index in [0.29, 0.717) is 43.1 Å². The van der Waals surface area contributed by atoms with Crippen LogP contribution in [0.3, 0.4) is 0 Å². The quantitative estimate of drug-likeness (QED) is 0.641. The van der Waals surface area contributed by atoms with Crippen molar-refractivity contribution in [2.24, 2.45) is 0 Å². The third kappa shape index (κ3) is 3.88. The summed E-state index contributed by atoms with van der Waals surface area (Å²) < 4.78 is 28.8. The molecule has 31 heavy (non-hydrogen) atoms. The van der Waals surface area contributed by atoms with Crippen molar-refractivity contribution in [2.45, 2.75) is 13.8 Å². The molecular weight excluding hydrogens is 406 g/mol. The molecule has 0 spiro atoms. The molecule has 1 fully saturated rings. The first kappa shape index (κ1) is 20.6. The molecule has 1 aliphatic heterocycles. The zero-order valence-electron chi connectivity index (χ0n) is 17.0. The molecule has 4 rings (SSSR count). The number of benzene rings is 1. The van der Waals surface area contributed by atoms with E-state index < -0.39 is 11.6 Å². The van der Waals surface area contributed by atoms with E-state index in [-0.39, 0.29) is 23.2 Å². The van der Waals surface area contributed by atoms with Crippen LogP contribution in [0, 0.1) is 25.5 Å². The molecule has 160 valence electrons. The number of nitrogens with zero attached hydrogens (tertiary/aromatic N) is 6. The molecule has 0 saturated carbocycles. The molecule has 3 aromatic rings. The average Bonchev–Trinajstić information content (AvgIpc) is 3.07. The number of carbonyl (C=O) groups is 2. The Morgan fingerprint density at radius 3 is 2.26 bits per heavy atom. The number of piperazine rings is 1. The van der Waals surface area contributed by atoms with Crippen LogP contribution in [0.4, 0.5) is 8.78 Å². The van der Waals surface area contributed by atoms with Gasteiger partial charge in [-0.2, -0.15) is 5.10 Å². The Labute approximate surface area is 177 Å². The van der Waals surface area contributed by atoms with Gasteiger partial charge in [0.1, 0.15) is 17.2 Å². The molecule has 8 nitrogen and oxygen atoms in total. The molecule has 1 aromatic carbocycles. The van der Waals surface area contributed by atoms with Crippen LogP contribution in [0.1, 0.15) is 32.2 Å². The highest BCUT2D eigenvalue weighted by Gasteiger charge is 2.29. The van der Waals surface area contributed by atoms with Crippen molar-refractivity contribution in [1.29, 1.82) is 0 Å². The van der Waals surface area contributed by atoms with E-state index in [0.717, 1.165) is 12.1 Å². The SMILES string of the molecule is Cc1nn(-c2ccc(F)cc2F)c(C)c1C(=O)N1CCN(C(=O)c2cnccn2)CC1. The van der Waals surface area contributed by atoms with E-state index >= 15 is 0 Å². The highest BCUT2D eigenvalue weighted by atomic mass is 19.1. The molecule has 2 aromatic heterocycles. The molecule has 0 unspecified atom stereocenters. The van der Waals surface area contributed by atoms with Crippen molar-refractivity contribution in [1.82, 2.24) is 29.5 Å². The van der Waals surface area contributed by atoms with E-state index in [2.05, 4.69) is 15.1 Å². The summed E-state index contributed by atoms with van der Waals surface area (Å²) in [4.78, 5) is 36.9. The molecule has 1 aliphatic rings. The summed E-state index contributed by atoms with van der Waals surface area (Å²) in [5, 5.41) is 4.30. The van der Waals surface area contributed by atoms with Gasteiger partial charge in [0.25, 0.3) is 11.8 Å². The van der Waals surface area contributed by atoms with Gasteiger partial charge >= 0.3 is 0 Å². The first-order valence-corrected chi connectivity index (χ1v) is 9.73. The topological polar surface area (TPSA) is 84.2 Å². The predicted molar refractivity (Wildman–Crippen MR) is 107 cm³/mol. The van der Waals surface area contributed by atoms with Crippen LogP contribution in [0.2, 0.25) is 0 Å². The number of hydrogen-bond acceptors (Lipinski definition) is 5. The fraction of sp³-hybridized carbons (Fsp3) is 0.286. The zero-order chi connectivity index (χ0) is 22.1. The van der Waals surface area contributed by atoms with Crippen molar-refractivity contribution in [3.8, 4) is 5.69 Å². The Kier molecular flexibility index (Phi) is 5.45. The van der Waals surface area contributed by atoms with Crippen molar-refractivity contribution < 1.29 is 18.4 Å². The first-order chi connectivity index (χ1) is 14.9. The second-order valence-electron chi connectivity index (χ2n) is 7.23. The van der Waals surface area contributed by atoms with Crippen molar-refractivity contribution in [3.05, 3.63) is 71.1 Å². The van der Waals surface area contributed by atoms with E-state index in [1.54, 1.807) is 23.6 Å². The van der Waals surface area contributed by atoms with E-state index in [1.807, 2.05) is 0 Å². The molecule has 0 atom stereocenters. The largest absolute Gasteiger partial charge is 0.335 e. The van der Waals surface area contributed by atoms with Crippen LogP contribution in [-0.2, 0) is 0 Å². The molecule has 1 saturated heterocycles. The Morgan fingerprint density at radius 1 is 0.968 bits per heavy atom. The minimum atomic E-state index is -0.763. The normalized spacial score (nSPS) is 14.1. The highest BCUT2D eigenvalue weighted by molar-refractivity contribution is 5.97. The van der Waals surface area contributed by atoms with Crippen LogP contribution in [0.25, 0.3) is 5.69 Å². The smallest absolute Gasteiger partial charge is 0.274 e. The van der Waals surface area contributed by atoms with Gasteiger partial charge in [-0.3, -0.25) is 14.6 Å². The number of hydrogen-bond donors (Lipinski definition) is 0. The third-order valence-corrected chi connectivity index (χ3v) is 5.28. The lowest BCUT2D eigenvalue weighted by Gasteiger charge is -2.34. The standard InChI is InChI=1S/C21H20F2N6O2/c1-13-19(14(2)29(26-13)18-4-3-15(22)11-16(18)23)21(31)28-9-7-27(8-10-28)20(30)17-12-24-5-6-25-17/h3-6,11-12H,7-10H2,1-2H3. The number of aromatic nitrogens is 4. The van der Waals surface area contributed by atoms with Crippen LogP contribution in [0.15, 0.2) is 36.8 Å². The highest BCUT2D eigenvalue weighted by Crippen LogP contribution is 2.22. The third-order valence-electron chi connectivity index (χ3n) is 5.28. The van der Waals surface area contributed by atoms with Gasteiger partial charge in [0.15, 0.2) is 5.82 Å². The molecular formula is C21H20F2N6O2. The molecule has 0 aliphatic carbocycles. The molecule has 3 heterocycles. The summed E-state index contributed by atoms with van der Waals surface area (Å²) in [6.07, 6.45) is 4.37. The van der Waals surface area contributed by atoms with E-state index in [1.165, 1.54) is 29.3 Å². The van der Waals surface area contributed by atoms with Crippen LogP contribution < -0.4 is 0 Å². The van der Waals surface area contributed by atoms with E-state index in [4.69, 9.17) is 0 Å². The molecule has 0 radical (unpaired) electrons. The van der Waals surface area contributed by atoms with Gasteiger partial charge in [0.05, 0.1) is 23.1 Å². The first-order valence-electron chi connectivity index (χ1n) is 9.73. The lowest BCUT2D eigenvalue weighted by Crippen LogP contribution is -2.50. The van der Waals surface area contributed by atoms with Crippen LogP contribution >= 0.6 is 0 Å². The van der Waals surface area contributed by atoms with Gasteiger partial charge in [-0.1, -0.05) is 0 Å². The lowest BCUT2D eigenvalue weighted by molar-refractivity contribution is 0.0531. The molecule has 2 amide bonds. The summed E-state index contributed by atoms with van der Waals surface area (Å²) >= 11 is 0. The van der Waals surface area contributed by atoms with Gasteiger partial charge in [0, 0.05) is 44.6 Å². The Bertz CT molecular complexity index is 1140. The van der Waals surface area contributed by atoms with Crippen LogP contribution in [0.5, 0.6) is 0 Å². The number of halogens is 2. The van der Waals surface area contributed by atoms with Crippen molar-refractivity contribution in [3.63, 3.8) is 0 Å². The minimum Gasteiger partial charge on any atom is -0.335 e. The fourth-order valence-electron chi connectivity index (χ4n) is 3.68. The Morgan fingerprint density at radius 2 is 1.65 bits per heavy atom. The summed E-state index contributed by atoms with van der Waals surface area (Å²) in [5.41, 5.74) is 1.62. The van der Waals surface area contributed by atoms with Crippen molar-refractivity contribution >= 4 is 11.8 Å². The van der Waals surface area contributed by atoms with Gasteiger partial charge in [-0.25, -0.2) is 18.4 Å². The maximum atomic E-state index is 14.2. The summed E-state index contributed by atoms with van der Waals surface area (Å²) in [6.45, 7) is 4.76. The fourth-order valence-corrected chi connectivity index (χ4v) is 3.68. The minimum absolute atomic E-state index is 0.0698. The molecule has 0 N–H and O–H groups in total. The predicted octanol–water partition coefficient (Wildman–Crippen LogP) is 2.16. The number of carbonyl (C=O) groups excluding carboxylic acids is 2. The number of amides is 2. The summed E-state index contributed by atoms with van der Waals surface area (Å²) in [6, 6.07) is 3.21. The molecule has 0 bridgehead atoms. The second-order valence-corrected chi connectivity index (χ2v) is 7.23. The Balaban J connectivity index is 1.51. The average molecular weight is 426 g/mol. The van der Waals surface area contributed by atoms with Gasteiger partial charge in [-0.05, 0) is 26.0 Å². The number of aryl methyl sites for hydroxylation is 1. The Hall–Kier alpha value is -3.69.